The Morgan fingerprint density at radius 2 is 1.26 bits per heavy atom. The van der Waals surface area contributed by atoms with E-state index in [0.29, 0.717) is 0 Å². The Labute approximate surface area is 158 Å². The normalized spacial score (nSPS) is 11.3. The van der Waals surface area contributed by atoms with Gasteiger partial charge in [0.15, 0.2) is 0 Å². The van der Waals surface area contributed by atoms with Crippen molar-refractivity contribution in [1.82, 2.24) is 9.55 Å². The van der Waals surface area contributed by atoms with Crippen LogP contribution >= 0.6 is 0 Å². The Morgan fingerprint density at radius 1 is 0.667 bits per heavy atom. The van der Waals surface area contributed by atoms with Gasteiger partial charge in [-0.2, -0.15) is 0 Å². The molecular weight excluding hydrogens is 328 g/mol. The number of hydrogen-bond acceptors (Lipinski definition) is 1. The number of aryl methyl sites for hydroxylation is 2. The molecule has 0 radical (unpaired) electrons. The summed E-state index contributed by atoms with van der Waals surface area (Å²) in [6.45, 7) is 4.34. The van der Waals surface area contributed by atoms with Crippen LogP contribution in [0.15, 0.2) is 85.1 Å². The summed E-state index contributed by atoms with van der Waals surface area (Å²) in [5.74, 6) is 0.951. The molecule has 0 spiro atoms. The van der Waals surface area contributed by atoms with Crippen LogP contribution in [-0.2, 0) is 0 Å². The number of pyridine rings is 1. The molecule has 0 unspecified atom stereocenters. The molecular formula is C25H20N2. The third kappa shape index (κ3) is 2.45. The lowest BCUT2D eigenvalue weighted by Crippen LogP contribution is -1.98. The minimum atomic E-state index is 0.951. The van der Waals surface area contributed by atoms with Gasteiger partial charge in [-0.1, -0.05) is 54.6 Å². The molecule has 0 aliphatic rings. The van der Waals surface area contributed by atoms with Gasteiger partial charge in [-0.15, -0.1) is 0 Å². The lowest BCUT2D eigenvalue weighted by Gasteiger charge is -2.12. The summed E-state index contributed by atoms with van der Waals surface area (Å²) in [4.78, 5) is 4.73. The molecule has 2 aromatic heterocycles. The third-order valence-corrected chi connectivity index (χ3v) is 5.32. The molecule has 0 fully saturated rings. The molecule has 3 aromatic carbocycles. The lowest BCUT2D eigenvalue weighted by molar-refractivity contribution is 1.08. The third-order valence-electron chi connectivity index (χ3n) is 5.32. The minimum Gasteiger partial charge on any atom is -0.294 e. The second-order valence-corrected chi connectivity index (χ2v) is 7.04. The first-order chi connectivity index (χ1) is 13.2. The summed E-state index contributed by atoms with van der Waals surface area (Å²) in [5, 5.41) is 2.51. The zero-order chi connectivity index (χ0) is 18.4. The summed E-state index contributed by atoms with van der Waals surface area (Å²) in [5.41, 5.74) is 7.44. The van der Waals surface area contributed by atoms with E-state index in [2.05, 4.69) is 97.3 Å². The number of aromatic nitrogens is 2. The molecule has 0 amide bonds. The summed E-state index contributed by atoms with van der Waals surface area (Å²) in [6.07, 6.45) is 1.92. The lowest BCUT2D eigenvalue weighted by atomic mass is 9.96. The van der Waals surface area contributed by atoms with E-state index in [4.69, 9.17) is 4.98 Å². The van der Waals surface area contributed by atoms with E-state index < -0.39 is 0 Å². The molecule has 5 rings (SSSR count). The molecule has 0 N–H and O–H groups in total. The van der Waals surface area contributed by atoms with Crippen molar-refractivity contribution in [3.8, 4) is 16.9 Å². The maximum atomic E-state index is 4.73. The number of rotatable bonds is 2. The zero-order valence-corrected chi connectivity index (χ0v) is 15.5. The van der Waals surface area contributed by atoms with Gasteiger partial charge in [0.2, 0.25) is 0 Å². The molecule has 0 aliphatic carbocycles. The highest BCUT2D eigenvalue weighted by Crippen LogP contribution is 2.33. The molecule has 2 heterocycles. The maximum absolute atomic E-state index is 4.73. The minimum absolute atomic E-state index is 0.951. The van der Waals surface area contributed by atoms with Gasteiger partial charge in [0.25, 0.3) is 0 Å². The first kappa shape index (κ1) is 15.8. The van der Waals surface area contributed by atoms with Crippen molar-refractivity contribution in [3.05, 3.63) is 96.2 Å². The van der Waals surface area contributed by atoms with Crippen LogP contribution in [0.3, 0.4) is 0 Å². The van der Waals surface area contributed by atoms with Crippen molar-refractivity contribution in [1.29, 1.82) is 0 Å². The van der Waals surface area contributed by atoms with Crippen molar-refractivity contribution in [3.63, 3.8) is 0 Å². The highest BCUT2D eigenvalue weighted by atomic mass is 15.1. The van der Waals surface area contributed by atoms with Gasteiger partial charge >= 0.3 is 0 Å². The van der Waals surface area contributed by atoms with Crippen LogP contribution < -0.4 is 0 Å². The molecule has 5 aromatic rings. The van der Waals surface area contributed by atoms with Crippen LogP contribution in [0.4, 0.5) is 0 Å². The Hall–Kier alpha value is -3.39. The van der Waals surface area contributed by atoms with E-state index in [1.807, 2.05) is 6.20 Å². The van der Waals surface area contributed by atoms with Crippen LogP contribution in [-0.4, -0.2) is 9.55 Å². The first-order valence-electron chi connectivity index (χ1n) is 9.25. The number of benzene rings is 3. The smallest absolute Gasteiger partial charge is 0.138 e. The second kappa shape index (κ2) is 6.10. The molecule has 0 aliphatic heterocycles. The van der Waals surface area contributed by atoms with Crippen molar-refractivity contribution < 1.29 is 0 Å². The number of hydrogen-bond donors (Lipinski definition) is 0. The van der Waals surface area contributed by atoms with Gasteiger partial charge in [-0.05, 0) is 60.4 Å². The fourth-order valence-corrected chi connectivity index (χ4v) is 4.14. The zero-order valence-electron chi connectivity index (χ0n) is 15.5. The summed E-state index contributed by atoms with van der Waals surface area (Å²) in [7, 11) is 0. The largest absolute Gasteiger partial charge is 0.294 e. The SMILES string of the molecule is Cc1cccc(C)c1-c1ccnc(-n2c3ccccc3c3ccccc32)c1. The van der Waals surface area contributed by atoms with E-state index in [9.17, 15) is 0 Å². The highest BCUT2D eigenvalue weighted by Gasteiger charge is 2.13. The fraction of sp³-hybridized carbons (Fsp3) is 0.0800. The topological polar surface area (TPSA) is 17.8 Å². The van der Waals surface area contributed by atoms with Crippen LogP contribution in [0.5, 0.6) is 0 Å². The van der Waals surface area contributed by atoms with E-state index in [1.165, 1.54) is 44.1 Å². The van der Waals surface area contributed by atoms with Gasteiger partial charge in [0.1, 0.15) is 5.82 Å². The highest BCUT2D eigenvalue weighted by molar-refractivity contribution is 6.09. The molecule has 2 heteroatoms. The van der Waals surface area contributed by atoms with E-state index >= 15 is 0 Å². The fourth-order valence-electron chi connectivity index (χ4n) is 4.14. The Kier molecular flexibility index (Phi) is 3.58. The molecule has 130 valence electrons. The monoisotopic (exact) mass is 348 g/mol. The van der Waals surface area contributed by atoms with Crippen LogP contribution in [0.1, 0.15) is 11.1 Å². The van der Waals surface area contributed by atoms with Crippen LogP contribution in [0, 0.1) is 13.8 Å². The summed E-state index contributed by atoms with van der Waals surface area (Å²) >= 11 is 0. The van der Waals surface area contributed by atoms with Crippen LogP contribution in [0.25, 0.3) is 38.8 Å². The maximum Gasteiger partial charge on any atom is 0.138 e. The molecule has 0 atom stereocenters. The van der Waals surface area contributed by atoms with Gasteiger partial charge in [0.05, 0.1) is 11.0 Å². The van der Waals surface area contributed by atoms with E-state index in [0.717, 1.165) is 5.82 Å². The van der Waals surface area contributed by atoms with E-state index in [1.54, 1.807) is 0 Å². The molecule has 0 saturated heterocycles. The van der Waals surface area contributed by atoms with E-state index in [-0.39, 0.29) is 0 Å². The quantitative estimate of drug-likeness (QED) is 0.358. The second-order valence-electron chi connectivity index (χ2n) is 7.04. The molecule has 2 nitrogen and oxygen atoms in total. The Morgan fingerprint density at radius 3 is 1.89 bits per heavy atom. The number of nitrogens with zero attached hydrogens (tertiary/aromatic N) is 2. The van der Waals surface area contributed by atoms with Crippen molar-refractivity contribution in [2.24, 2.45) is 0 Å². The predicted octanol–water partition coefficient (Wildman–Crippen LogP) is 6.46. The molecule has 0 bridgehead atoms. The van der Waals surface area contributed by atoms with Gasteiger partial charge in [-0.25, -0.2) is 4.98 Å². The van der Waals surface area contributed by atoms with Gasteiger partial charge in [-0.3, -0.25) is 4.57 Å². The van der Waals surface area contributed by atoms with Crippen molar-refractivity contribution >= 4 is 21.8 Å². The Balaban J connectivity index is 1.82. The van der Waals surface area contributed by atoms with Crippen molar-refractivity contribution in [2.75, 3.05) is 0 Å². The van der Waals surface area contributed by atoms with Crippen LogP contribution in [0.2, 0.25) is 0 Å². The number of fused-ring (bicyclic) bond motifs is 3. The summed E-state index contributed by atoms with van der Waals surface area (Å²) < 4.78 is 2.27. The standard InChI is InChI=1S/C25H20N2/c1-17-8-7-9-18(2)25(17)19-14-15-26-24(16-19)27-22-12-5-3-10-20(22)21-11-4-6-13-23(21)27/h3-16H,1-2H3. The molecule has 0 saturated carbocycles. The first-order valence-corrected chi connectivity index (χ1v) is 9.25. The summed E-state index contributed by atoms with van der Waals surface area (Å²) in [6, 6.07) is 27.8. The number of para-hydroxylation sites is 2. The van der Waals surface area contributed by atoms with Crippen molar-refractivity contribution in [2.45, 2.75) is 13.8 Å². The van der Waals surface area contributed by atoms with Gasteiger partial charge < -0.3 is 0 Å². The Bertz CT molecular complexity index is 1220. The average Bonchev–Trinajstić information content (AvgIpc) is 3.03. The predicted molar refractivity (Wildman–Crippen MR) is 113 cm³/mol. The van der Waals surface area contributed by atoms with Gasteiger partial charge in [0, 0.05) is 17.0 Å². The molecule has 27 heavy (non-hydrogen) atoms. The average molecular weight is 348 g/mol.